The zero-order valence-electron chi connectivity index (χ0n) is 18.0. The van der Waals surface area contributed by atoms with E-state index < -0.39 is 30.9 Å². The quantitative estimate of drug-likeness (QED) is 0.193. The van der Waals surface area contributed by atoms with Crippen LogP contribution in [0.1, 0.15) is 96.8 Å². The minimum absolute atomic E-state index is 0.187. The standard InChI is InChI=1S/C22H40N2O5/c1-2-3-4-5-6-7-8-9-10-11-12-13-14-15-16-17-20(27)23-24(21(28)18-25)22(29)19-26/h9-10,25-26H,2-8,11-19H2,1H3,(H,23,27)/b10-9-. The Morgan fingerprint density at radius 1 is 0.724 bits per heavy atom. The Morgan fingerprint density at radius 3 is 1.66 bits per heavy atom. The minimum Gasteiger partial charge on any atom is -0.386 e. The number of aliphatic hydroxyl groups excluding tert-OH is 2. The highest BCUT2D eigenvalue weighted by Gasteiger charge is 2.21. The molecule has 0 fully saturated rings. The lowest BCUT2D eigenvalue weighted by atomic mass is 10.1. The van der Waals surface area contributed by atoms with Crippen molar-refractivity contribution in [1.82, 2.24) is 10.4 Å². The van der Waals surface area contributed by atoms with Crippen LogP contribution in [0.25, 0.3) is 0 Å². The van der Waals surface area contributed by atoms with Crippen LogP contribution in [-0.4, -0.2) is 46.2 Å². The number of nitrogens with one attached hydrogen (secondary N) is 1. The van der Waals surface area contributed by atoms with Crippen LogP contribution in [0.15, 0.2) is 12.2 Å². The largest absolute Gasteiger partial charge is 0.386 e. The van der Waals surface area contributed by atoms with Gasteiger partial charge in [-0.2, -0.15) is 5.01 Å². The highest BCUT2D eigenvalue weighted by Crippen LogP contribution is 2.10. The summed E-state index contributed by atoms with van der Waals surface area (Å²) in [6, 6.07) is 0. The Bertz CT molecular complexity index is 464. The molecule has 0 atom stereocenters. The number of allylic oxidation sites excluding steroid dienone is 2. The van der Waals surface area contributed by atoms with Gasteiger partial charge in [-0.05, 0) is 32.1 Å². The first-order chi connectivity index (χ1) is 14.1. The minimum atomic E-state index is -0.970. The smallest absolute Gasteiger partial charge is 0.273 e. The fourth-order valence-electron chi connectivity index (χ4n) is 2.94. The van der Waals surface area contributed by atoms with Gasteiger partial charge >= 0.3 is 0 Å². The zero-order valence-corrected chi connectivity index (χ0v) is 18.0. The summed E-state index contributed by atoms with van der Waals surface area (Å²) in [6.45, 7) is 0.402. The topological polar surface area (TPSA) is 107 Å². The second kappa shape index (κ2) is 19.6. The maximum atomic E-state index is 11.8. The molecule has 0 aromatic rings. The predicted molar refractivity (Wildman–Crippen MR) is 114 cm³/mol. The van der Waals surface area contributed by atoms with E-state index in [0.717, 1.165) is 32.1 Å². The molecule has 3 N–H and O–H groups in total. The molecule has 3 amide bonds. The van der Waals surface area contributed by atoms with E-state index in [2.05, 4.69) is 24.5 Å². The van der Waals surface area contributed by atoms with E-state index in [1.165, 1.54) is 44.9 Å². The van der Waals surface area contributed by atoms with E-state index in [1.807, 2.05) is 0 Å². The molecule has 0 bridgehead atoms. The third kappa shape index (κ3) is 15.8. The molecule has 0 aromatic carbocycles. The van der Waals surface area contributed by atoms with Crippen LogP contribution < -0.4 is 5.43 Å². The van der Waals surface area contributed by atoms with Gasteiger partial charge in [-0.15, -0.1) is 0 Å². The van der Waals surface area contributed by atoms with Crippen molar-refractivity contribution in [3.8, 4) is 0 Å². The summed E-state index contributed by atoms with van der Waals surface area (Å²) in [4.78, 5) is 34.6. The number of hydrogen-bond acceptors (Lipinski definition) is 5. The van der Waals surface area contributed by atoms with Gasteiger partial charge in [0.25, 0.3) is 11.8 Å². The highest BCUT2D eigenvalue weighted by molar-refractivity contribution is 5.98. The van der Waals surface area contributed by atoms with Gasteiger partial charge in [-0.3, -0.25) is 19.8 Å². The summed E-state index contributed by atoms with van der Waals surface area (Å²) < 4.78 is 0. The number of carbonyl (C=O) groups is 3. The van der Waals surface area contributed by atoms with Crippen LogP contribution in [-0.2, 0) is 14.4 Å². The lowest BCUT2D eigenvalue weighted by Gasteiger charge is -2.19. The third-order valence-electron chi connectivity index (χ3n) is 4.67. The summed E-state index contributed by atoms with van der Waals surface area (Å²) >= 11 is 0. The molecular weight excluding hydrogens is 372 g/mol. The summed E-state index contributed by atoms with van der Waals surface area (Å²) in [5.41, 5.74) is 2.13. The Morgan fingerprint density at radius 2 is 1.17 bits per heavy atom. The molecule has 0 aromatic heterocycles. The fraction of sp³-hybridized carbons (Fsp3) is 0.773. The summed E-state index contributed by atoms with van der Waals surface area (Å²) in [5, 5.41) is 18.0. The monoisotopic (exact) mass is 412 g/mol. The molecule has 0 saturated carbocycles. The van der Waals surface area contributed by atoms with Gasteiger partial charge in [0.1, 0.15) is 13.2 Å². The first-order valence-corrected chi connectivity index (χ1v) is 11.1. The van der Waals surface area contributed by atoms with Crippen molar-refractivity contribution in [2.75, 3.05) is 13.2 Å². The van der Waals surface area contributed by atoms with Crippen LogP contribution in [0.2, 0.25) is 0 Å². The average molecular weight is 413 g/mol. The number of hydrogen-bond donors (Lipinski definition) is 3. The van der Waals surface area contributed by atoms with Gasteiger partial charge in [0.2, 0.25) is 5.91 Å². The average Bonchev–Trinajstić information content (AvgIpc) is 2.73. The van der Waals surface area contributed by atoms with E-state index in [4.69, 9.17) is 10.2 Å². The van der Waals surface area contributed by atoms with Gasteiger partial charge in [-0.1, -0.05) is 70.4 Å². The van der Waals surface area contributed by atoms with Gasteiger partial charge in [0.15, 0.2) is 0 Å². The third-order valence-corrected chi connectivity index (χ3v) is 4.67. The number of hydrazine groups is 1. The van der Waals surface area contributed by atoms with Crippen molar-refractivity contribution in [2.45, 2.75) is 96.8 Å². The van der Waals surface area contributed by atoms with Crippen molar-refractivity contribution in [1.29, 1.82) is 0 Å². The van der Waals surface area contributed by atoms with Gasteiger partial charge in [0, 0.05) is 6.42 Å². The van der Waals surface area contributed by atoms with Crippen molar-refractivity contribution >= 4 is 17.7 Å². The van der Waals surface area contributed by atoms with Crippen molar-refractivity contribution < 1.29 is 24.6 Å². The molecule has 0 unspecified atom stereocenters. The molecule has 0 spiro atoms. The number of rotatable bonds is 17. The SMILES string of the molecule is CCCCCCCC/C=C\CCCCCCCC(=O)NN(C(=O)CO)C(=O)CO. The zero-order chi connectivity index (χ0) is 21.7. The van der Waals surface area contributed by atoms with E-state index in [1.54, 1.807) is 0 Å². The van der Waals surface area contributed by atoms with Crippen LogP contribution in [0.3, 0.4) is 0 Å². The van der Waals surface area contributed by atoms with Crippen LogP contribution in [0, 0.1) is 0 Å². The molecule has 0 radical (unpaired) electrons. The van der Waals surface area contributed by atoms with E-state index in [-0.39, 0.29) is 6.42 Å². The number of carbonyl (C=O) groups excluding carboxylic acids is 3. The number of imide groups is 1. The molecule has 0 aliphatic carbocycles. The lowest BCUT2D eigenvalue weighted by Crippen LogP contribution is -2.51. The van der Waals surface area contributed by atoms with E-state index in [0.29, 0.717) is 11.4 Å². The first kappa shape index (κ1) is 27.3. The molecule has 0 heterocycles. The second-order valence-corrected chi connectivity index (χ2v) is 7.31. The number of nitrogens with zero attached hydrogens (tertiary/aromatic N) is 1. The van der Waals surface area contributed by atoms with Crippen LogP contribution in [0.5, 0.6) is 0 Å². The fourth-order valence-corrected chi connectivity index (χ4v) is 2.94. The molecular formula is C22H40N2O5. The number of aliphatic hydroxyl groups is 2. The maximum absolute atomic E-state index is 11.8. The molecule has 7 nitrogen and oxygen atoms in total. The highest BCUT2D eigenvalue weighted by atomic mass is 16.3. The predicted octanol–water partition coefficient (Wildman–Crippen LogP) is 3.39. The molecule has 0 saturated heterocycles. The van der Waals surface area contributed by atoms with E-state index >= 15 is 0 Å². The Balaban J connectivity index is 3.62. The summed E-state index contributed by atoms with van der Waals surface area (Å²) in [7, 11) is 0. The Labute approximate surface area is 175 Å². The van der Waals surface area contributed by atoms with Crippen molar-refractivity contribution in [2.24, 2.45) is 0 Å². The molecule has 29 heavy (non-hydrogen) atoms. The number of amides is 3. The van der Waals surface area contributed by atoms with Gasteiger partial charge in [-0.25, -0.2) is 0 Å². The van der Waals surface area contributed by atoms with Crippen LogP contribution in [0.4, 0.5) is 0 Å². The second-order valence-electron chi connectivity index (χ2n) is 7.31. The maximum Gasteiger partial charge on any atom is 0.273 e. The molecule has 0 rings (SSSR count). The molecule has 7 heteroatoms. The van der Waals surface area contributed by atoms with Crippen molar-refractivity contribution in [3.05, 3.63) is 12.2 Å². The molecule has 0 aliphatic heterocycles. The Hall–Kier alpha value is -1.73. The van der Waals surface area contributed by atoms with Crippen LogP contribution >= 0.6 is 0 Å². The first-order valence-electron chi connectivity index (χ1n) is 11.1. The number of unbranched alkanes of at least 4 members (excludes halogenated alkanes) is 11. The lowest BCUT2D eigenvalue weighted by molar-refractivity contribution is -0.156. The van der Waals surface area contributed by atoms with Gasteiger partial charge in [0.05, 0.1) is 0 Å². The normalized spacial score (nSPS) is 11.0. The van der Waals surface area contributed by atoms with Gasteiger partial charge < -0.3 is 10.2 Å². The molecule has 0 aliphatic rings. The van der Waals surface area contributed by atoms with Crippen molar-refractivity contribution in [3.63, 3.8) is 0 Å². The van der Waals surface area contributed by atoms with E-state index in [9.17, 15) is 14.4 Å². The Kier molecular flexibility index (Phi) is 18.4. The summed E-state index contributed by atoms with van der Waals surface area (Å²) in [5.74, 6) is -2.42. The molecule has 168 valence electrons. The summed E-state index contributed by atoms with van der Waals surface area (Å²) in [6.07, 6.45) is 19.8.